The van der Waals surface area contributed by atoms with Gasteiger partial charge in [0.15, 0.2) is 0 Å². The molecule has 40 heavy (non-hydrogen) atoms. The van der Waals surface area contributed by atoms with Gasteiger partial charge in [0.1, 0.15) is 12.4 Å². The highest BCUT2D eigenvalue weighted by Crippen LogP contribution is 2.39. The van der Waals surface area contributed by atoms with Crippen molar-refractivity contribution in [1.82, 2.24) is 14.1 Å². The Morgan fingerprint density at radius 2 is 1.75 bits per heavy atom. The molecule has 3 heterocycles. The van der Waals surface area contributed by atoms with Gasteiger partial charge >= 0.3 is 6.09 Å². The van der Waals surface area contributed by atoms with Gasteiger partial charge < -0.3 is 14.5 Å². The lowest BCUT2D eigenvalue weighted by Crippen LogP contribution is -2.53. The van der Waals surface area contributed by atoms with Gasteiger partial charge in [-0.05, 0) is 107 Å². The van der Waals surface area contributed by atoms with E-state index in [0.717, 1.165) is 32.4 Å². The number of carbonyl (C=O) groups excluding carboxylic acids is 1. The average molecular weight is 592 g/mol. The molecule has 5 rings (SSSR count). The third-order valence-electron chi connectivity index (χ3n) is 8.69. The molecule has 4 atom stereocenters. The van der Waals surface area contributed by atoms with Crippen molar-refractivity contribution in [3.8, 4) is 0 Å². The smallest absolute Gasteiger partial charge is 0.410 e. The number of piperidine rings is 3. The maximum atomic E-state index is 14.2. The summed E-state index contributed by atoms with van der Waals surface area (Å²) in [6.07, 6.45) is 7.02. The van der Waals surface area contributed by atoms with Crippen molar-refractivity contribution < 1.29 is 22.3 Å². The summed E-state index contributed by atoms with van der Waals surface area (Å²) in [6, 6.07) is 11.5. The molecular formula is C30H39ClFN3O4S. The summed E-state index contributed by atoms with van der Waals surface area (Å²) in [7, 11) is -4.00. The van der Waals surface area contributed by atoms with E-state index in [4.69, 9.17) is 16.3 Å². The SMILES string of the molecule is CC1CC(N2CCCCC2)CCN1C(=O)OCC1CCCC(c2cccc(F)c2)N1S(=O)(=O)c1ccc(Cl)cc1. The van der Waals surface area contributed by atoms with Gasteiger partial charge in [0.05, 0.1) is 17.0 Å². The molecule has 0 aliphatic carbocycles. The van der Waals surface area contributed by atoms with Crippen molar-refractivity contribution in [3.05, 3.63) is 64.9 Å². The Hall–Kier alpha value is -2.20. The fourth-order valence-electron chi connectivity index (χ4n) is 6.62. The van der Waals surface area contributed by atoms with Crippen molar-refractivity contribution in [2.75, 3.05) is 26.2 Å². The molecule has 2 aromatic rings. The van der Waals surface area contributed by atoms with E-state index in [1.54, 1.807) is 29.2 Å². The zero-order chi connectivity index (χ0) is 28.3. The number of ether oxygens (including phenoxy) is 1. The van der Waals surface area contributed by atoms with Crippen LogP contribution in [0.5, 0.6) is 0 Å². The Bertz CT molecular complexity index is 1270. The van der Waals surface area contributed by atoms with E-state index in [2.05, 4.69) is 11.8 Å². The van der Waals surface area contributed by atoms with E-state index in [1.165, 1.54) is 47.8 Å². The molecule has 10 heteroatoms. The van der Waals surface area contributed by atoms with Gasteiger partial charge in [-0.15, -0.1) is 0 Å². The van der Waals surface area contributed by atoms with Crippen LogP contribution in [0.25, 0.3) is 0 Å². The van der Waals surface area contributed by atoms with Gasteiger partial charge in [-0.25, -0.2) is 17.6 Å². The topological polar surface area (TPSA) is 70.2 Å². The van der Waals surface area contributed by atoms with Crippen LogP contribution in [0.3, 0.4) is 0 Å². The Kier molecular flexibility index (Phi) is 9.35. The molecule has 1 amide bonds. The van der Waals surface area contributed by atoms with E-state index >= 15 is 0 Å². The predicted molar refractivity (Wildman–Crippen MR) is 153 cm³/mol. The lowest BCUT2D eigenvalue weighted by atomic mass is 9.93. The number of likely N-dealkylation sites (tertiary alicyclic amines) is 2. The minimum atomic E-state index is -4.00. The Labute approximate surface area is 242 Å². The van der Waals surface area contributed by atoms with Crippen LogP contribution < -0.4 is 0 Å². The van der Waals surface area contributed by atoms with E-state index < -0.39 is 34.0 Å². The number of hydrogen-bond acceptors (Lipinski definition) is 5. The maximum Gasteiger partial charge on any atom is 0.410 e. The quantitative estimate of drug-likeness (QED) is 0.398. The third-order valence-corrected chi connectivity index (χ3v) is 10.9. The third kappa shape index (κ3) is 6.48. The molecule has 3 fully saturated rings. The van der Waals surface area contributed by atoms with Crippen LogP contribution in [0.2, 0.25) is 5.02 Å². The Balaban J connectivity index is 1.32. The normalized spacial score (nSPS) is 26.9. The first-order valence-corrected chi connectivity index (χ1v) is 16.3. The zero-order valence-electron chi connectivity index (χ0n) is 23.1. The summed E-state index contributed by atoms with van der Waals surface area (Å²) in [5.41, 5.74) is 0.585. The van der Waals surface area contributed by atoms with Crippen molar-refractivity contribution in [2.24, 2.45) is 0 Å². The van der Waals surface area contributed by atoms with Crippen molar-refractivity contribution in [3.63, 3.8) is 0 Å². The molecule has 0 bridgehead atoms. The second-order valence-electron chi connectivity index (χ2n) is 11.3. The van der Waals surface area contributed by atoms with Crippen molar-refractivity contribution in [2.45, 2.75) is 87.4 Å². The largest absolute Gasteiger partial charge is 0.448 e. The average Bonchev–Trinajstić information content (AvgIpc) is 2.96. The lowest BCUT2D eigenvalue weighted by molar-refractivity contribution is 0.0282. The summed E-state index contributed by atoms with van der Waals surface area (Å²) in [5.74, 6) is -0.420. The van der Waals surface area contributed by atoms with Gasteiger partial charge in [-0.2, -0.15) is 4.31 Å². The molecule has 0 radical (unpaired) electrons. The van der Waals surface area contributed by atoms with E-state index in [9.17, 15) is 17.6 Å². The fraction of sp³-hybridized carbons (Fsp3) is 0.567. The monoisotopic (exact) mass is 591 g/mol. The maximum absolute atomic E-state index is 14.2. The van der Waals surface area contributed by atoms with Crippen LogP contribution in [-0.2, 0) is 14.8 Å². The number of nitrogens with zero attached hydrogens (tertiary/aromatic N) is 3. The first-order valence-electron chi connectivity index (χ1n) is 14.5. The molecule has 0 aromatic heterocycles. The molecule has 3 aliphatic rings. The standard InChI is InChI=1S/C30H39ClFN3O4S/c1-22-19-26(33-16-3-2-4-17-33)15-18-34(22)30(36)39-21-27-9-6-10-29(23-7-5-8-25(32)20-23)35(27)40(37,38)28-13-11-24(31)12-14-28/h5,7-8,11-14,20,22,26-27,29H,2-4,6,9-10,15-19,21H2,1H3. The Morgan fingerprint density at radius 1 is 1.00 bits per heavy atom. The van der Waals surface area contributed by atoms with Crippen molar-refractivity contribution >= 4 is 27.7 Å². The molecule has 3 aliphatic heterocycles. The number of hydrogen-bond donors (Lipinski definition) is 0. The molecule has 0 saturated carbocycles. The minimum Gasteiger partial charge on any atom is -0.448 e. The highest BCUT2D eigenvalue weighted by atomic mass is 35.5. The zero-order valence-corrected chi connectivity index (χ0v) is 24.6. The number of halogens is 2. The number of sulfonamides is 1. The van der Waals surface area contributed by atoms with Crippen LogP contribution in [0.1, 0.15) is 69.9 Å². The highest BCUT2D eigenvalue weighted by Gasteiger charge is 2.42. The number of rotatable bonds is 6. The second-order valence-corrected chi connectivity index (χ2v) is 13.6. The molecule has 218 valence electrons. The summed E-state index contributed by atoms with van der Waals surface area (Å²) >= 11 is 6.03. The van der Waals surface area contributed by atoms with Gasteiger partial charge in [0.25, 0.3) is 0 Å². The van der Waals surface area contributed by atoms with E-state index in [1.807, 2.05) is 0 Å². The first kappa shape index (κ1) is 29.3. The number of amides is 1. The highest BCUT2D eigenvalue weighted by molar-refractivity contribution is 7.89. The summed E-state index contributed by atoms with van der Waals surface area (Å²) < 4.78 is 49.4. The number of benzene rings is 2. The summed E-state index contributed by atoms with van der Waals surface area (Å²) in [4.78, 5) is 17.7. The first-order chi connectivity index (χ1) is 19.2. The fourth-order valence-corrected chi connectivity index (χ4v) is 8.59. The summed E-state index contributed by atoms with van der Waals surface area (Å²) in [5, 5.41) is 0.433. The van der Waals surface area contributed by atoms with Crippen LogP contribution in [-0.4, -0.2) is 73.0 Å². The van der Waals surface area contributed by atoms with Crippen LogP contribution in [0, 0.1) is 5.82 Å². The van der Waals surface area contributed by atoms with Gasteiger partial charge in [-0.3, -0.25) is 0 Å². The molecule has 0 N–H and O–H groups in total. The van der Waals surface area contributed by atoms with Crippen LogP contribution in [0.4, 0.5) is 9.18 Å². The van der Waals surface area contributed by atoms with Crippen molar-refractivity contribution in [1.29, 1.82) is 0 Å². The number of carbonyl (C=O) groups is 1. The predicted octanol–water partition coefficient (Wildman–Crippen LogP) is 6.24. The summed E-state index contributed by atoms with van der Waals surface area (Å²) in [6.45, 7) is 4.90. The van der Waals surface area contributed by atoms with Gasteiger partial charge in [0, 0.05) is 23.7 Å². The van der Waals surface area contributed by atoms with E-state index in [0.29, 0.717) is 36.0 Å². The lowest BCUT2D eigenvalue weighted by Gasteiger charge is -2.43. The molecule has 7 nitrogen and oxygen atoms in total. The molecule has 0 spiro atoms. The Morgan fingerprint density at radius 3 is 2.45 bits per heavy atom. The minimum absolute atomic E-state index is 0.0495. The molecule has 4 unspecified atom stereocenters. The molecule has 3 saturated heterocycles. The van der Waals surface area contributed by atoms with Crippen LogP contribution >= 0.6 is 11.6 Å². The molecule has 2 aromatic carbocycles. The van der Waals surface area contributed by atoms with Gasteiger partial charge in [-0.1, -0.05) is 30.2 Å². The molecular weight excluding hydrogens is 553 g/mol. The second kappa shape index (κ2) is 12.8. The van der Waals surface area contributed by atoms with E-state index in [-0.39, 0.29) is 17.5 Å². The van der Waals surface area contributed by atoms with Crippen LogP contribution in [0.15, 0.2) is 53.4 Å². The van der Waals surface area contributed by atoms with Gasteiger partial charge in [0.2, 0.25) is 10.0 Å².